The molecule has 140 valence electrons. The first-order chi connectivity index (χ1) is 12.5. The lowest BCUT2D eigenvalue weighted by Gasteiger charge is -2.31. The molecule has 3 rings (SSSR count). The summed E-state index contributed by atoms with van der Waals surface area (Å²) in [4.78, 5) is 1.62. The van der Waals surface area contributed by atoms with Crippen molar-refractivity contribution in [3.8, 4) is 5.75 Å². The van der Waals surface area contributed by atoms with Gasteiger partial charge in [-0.2, -0.15) is 4.31 Å². The van der Waals surface area contributed by atoms with E-state index in [9.17, 15) is 8.42 Å². The van der Waals surface area contributed by atoms with Crippen molar-refractivity contribution in [1.29, 1.82) is 0 Å². The van der Waals surface area contributed by atoms with Crippen LogP contribution in [0.4, 0.5) is 0 Å². The van der Waals surface area contributed by atoms with Gasteiger partial charge in [-0.15, -0.1) is 0 Å². The average Bonchev–Trinajstić information content (AvgIpc) is 2.67. The van der Waals surface area contributed by atoms with Crippen LogP contribution in [0.25, 0.3) is 0 Å². The van der Waals surface area contributed by atoms with Gasteiger partial charge in [0.25, 0.3) is 0 Å². The van der Waals surface area contributed by atoms with Crippen LogP contribution in [0, 0.1) is 0 Å². The number of hydrogen-bond donors (Lipinski definition) is 1. The van der Waals surface area contributed by atoms with Crippen LogP contribution in [-0.4, -0.2) is 52.6 Å². The highest BCUT2D eigenvalue weighted by Gasteiger charge is 2.31. The van der Waals surface area contributed by atoms with Crippen LogP contribution in [0.3, 0.4) is 0 Å². The molecule has 0 bridgehead atoms. The van der Waals surface area contributed by atoms with Crippen LogP contribution in [0.5, 0.6) is 5.75 Å². The number of methoxy groups -OCH3 is 1. The molecule has 0 saturated carbocycles. The molecule has 2 aromatic rings. The Labute approximate surface area is 160 Å². The van der Waals surface area contributed by atoms with E-state index in [0.29, 0.717) is 13.1 Å². The van der Waals surface area contributed by atoms with Crippen LogP contribution >= 0.6 is 11.6 Å². The molecule has 2 aromatic carbocycles. The molecular formula is C19H24ClN2O3S+. The van der Waals surface area contributed by atoms with Gasteiger partial charge in [0.2, 0.25) is 10.0 Å². The third kappa shape index (κ3) is 4.38. The van der Waals surface area contributed by atoms with Gasteiger partial charge in [0, 0.05) is 6.42 Å². The minimum Gasteiger partial charge on any atom is -0.497 e. The summed E-state index contributed by atoms with van der Waals surface area (Å²) in [5.41, 5.74) is 1.27. The average molecular weight is 396 g/mol. The number of benzene rings is 2. The van der Waals surface area contributed by atoms with Gasteiger partial charge in [-0.1, -0.05) is 35.9 Å². The summed E-state index contributed by atoms with van der Waals surface area (Å²) in [5.74, 6) is 0.861. The normalized spacial score (nSPS) is 16.5. The summed E-state index contributed by atoms with van der Waals surface area (Å²) in [5, 5.41) is 0.279. The third-order valence-electron chi connectivity index (χ3n) is 4.81. The molecule has 5 nitrogen and oxygen atoms in total. The molecule has 1 saturated heterocycles. The lowest BCUT2D eigenvalue weighted by molar-refractivity contribution is -0.903. The third-order valence-corrected chi connectivity index (χ3v) is 7.21. The first-order valence-corrected chi connectivity index (χ1v) is 10.5. The molecular weight excluding hydrogens is 372 g/mol. The first kappa shape index (κ1) is 19.2. The van der Waals surface area contributed by atoms with E-state index >= 15 is 0 Å². The number of nitrogens with zero attached hydrogens (tertiary/aromatic N) is 1. The predicted octanol–water partition coefficient (Wildman–Crippen LogP) is 1.48. The Kier molecular flexibility index (Phi) is 6.19. The molecule has 1 fully saturated rings. The summed E-state index contributed by atoms with van der Waals surface area (Å²) in [6.07, 6.45) is 0.969. The second-order valence-corrected chi connectivity index (χ2v) is 8.75. The fourth-order valence-corrected chi connectivity index (χ4v) is 5.13. The van der Waals surface area contributed by atoms with Crippen molar-refractivity contribution in [1.82, 2.24) is 4.31 Å². The van der Waals surface area contributed by atoms with E-state index in [1.807, 2.05) is 12.1 Å². The summed E-state index contributed by atoms with van der Waals surface area (Å²) in [6, 6.07) is 14.7. The summed E-state index contributed by atoms with van der Waals surface area (Å²) in [7, 11) is -1.85. The smallest absolute Gasteiger partial charge is 0.244 e. The van der Waals surface area contributed by atoms with Gasteiger partial charge >= 0.3 is 0 Å². The van der Waals surface area contributed by atoms with Crippen molar-refractivity contribution in [3.63, 3.8) is 0 Å². The zero-order chi connectivity index (χ0) is 18.6. The van der Waals surface area contributed by atoms with E-state index in [-0.39, 0.29) is 9.92 Å². The topological polar surface area (TPSA) is 51.1 Å². The predicted molar refractivity (Wildman–Crippen MR) is 102 cm³/mol. The number of sulfonamides is 1. The van der Waals surface area contributed by atoms with Crippen LogP contribution < -0.4 is 9.64 Å². The van der Waals surface area contributed by atoms with Gasteiger partial charge < -0.3 is 9.64 Å². The molecule has 0 unspecified atom stereocenters. The highest BCUT2D eigenvalue weighted by atomic mass is 35.5. The number of halogens is 1. The standard InChI is InChI=1S/C19H23ClN2O3S/c1-25-17-8-6-16(7-9-17)10-11-21-12-14-22(15-13-21)26(23,24)19-5-3-2-4-18(19)20/h2-9H,10-15H2,1H3/p+1. The van der Waals surface area contributed by atoms with Crippen LogP contribution in [0.1, 0.15) is 5.56 Å². The van der Waals surface area contributed by atoms with Crippen LogP contribution in [0.15, 0.2) is 53.4 Å². The molecule has 26 heavy (non-hydrogen) atoms. The first-order valence-electron chi connectivity index (χ1n) is 8.72. The van der Waals surface area contributed by atoms with Crippen molar-refractivity contribution in [2.45, 2.75) is 11.3 Å². The Morgan fingerprint density at radius 3 is 2.35 bits per heavy atom. The summed E-state index contributed by atoms with van der Waals surface area (Å²) < 4.78 is 32.3. The molecule has 0 aromatic heterocycles. The Bertz CT molecular complexity index is 832. The highest BCUT2D eigenvalue weighted by Crippen LogP contribution is 2.24. The lowest BCUT2D eigenvalue weighted by atomic mass is 10.1. The van der Waals surface area contributed by atoms with Crippen molar-refractivity contribution < 1.29 is 18.1 Å². The second-order valence-electron chi connectivity index (χ2n) is 6.43. The minimum atomic E-state index is -3.52. The zero-order valence-corrected chi connectivity index (χ0v) is 16.4. The Morgan fingerprint density at radius 2 is 1.73 bits per heavy atom. The molecule has 7 heteroatoms. The molecule has 1 aliphatic rings. The maximum atomic E-state index is 12.8. The molecule has 0 radical (unpaired) electrons. The number of piperazine rings is 1. The SMILES string of the molecule is COc1ccc(CC[NH+]2CCN(S(=O)(=O)c3ccccc3Cl)CC2)cc1. The Balaban J connectivity index is 1.54. The van der Waals surface area contributed by atoms with Crippen LogP contribution in [0.2, 0.25) is 5.02 Å². The van der Waals surface area contributed by atoms with Crippen molar-refractivity contribution in [2.24, 2.45) is 0 Å². The van der Waals surface area contributed by atoms with E-state index < -0.39 is 10.0 Å². The number of nitrogens with one attached hydrogen (secondary N) is 1. The molecule has 0 atom stereocenters. The van der Waals surface area contributed by atoms with Gasteiger partial charge in [-0.3, -0.25) is 0 Å². The fraction of sp³-hybridized carbons (Fsp3) is 0.368. The van der Waals surface area contributed by atoms with E-state index in [1.54, 1.807) is 35.7 Å². The van der Waals surface area contributed by atoms with Gasteiger partial charge in [0.05, 0.1) is 44.9 Å². The zero-order valence-electron chi connectivity index (χ0n) is 14.8. The maximum absolute atomic E-state index is 12.8. The van der Waals surface area contributed by atoms with E-state index in [2.05, 4.69) is 12.1 Å². The van der Waals surface area contributed by atoms with Crippen molar-refractivity contribution >= 4 is 21.6 Å². The maximum Gasteiger partial charge on any atom is 0.244 e. The monoisotopic (exact) mass is 395 g/mol. The van der Waals surface area contributed by atoms with Gasteiger partial charge in [-0.05, 0) is 29.8 Å². The van der Waals surface area contributed by atoms with Crippen molar-refractivity contribution in [2.75, 3.05) is 39.8 Å². The van der Waals surface area contributed by atoms with E-state index in [0.717, 1.165) is 31.8 Å². The number of ether oxygens (including phenoxy) is 1. The summed E-state index contributed by atoms with van der Waals surface area (Å²) in [6.45, 7) is 3.64. The Hall–Kier alpha value is -1.60. The molecule has 0 aliphatic carbocycles. The number of quaternary nitrogens is 1. The Morgan fingerprint density at radius 1 is 1.08 bits per heavy atom. The van der Waals surface area contributed by atoms with Gasteiger partial charge in [0.15, 0.2) is 0 Å². The number of hydrogen-bond acceptors (Lipinski definition) is 3. The molecule has 1 N–H and O–H groups in total. The highest BCUT2D eigenvalue weighted by molar-refractivity contribution is 7.89. The van der Waals surface area contributed by atoms with E-state index in [4.69, 9.17) is 16.3 Å². The number of rotatable bonds is 6. The fourth-order valence-electron chi connectivity index (χ4n) is 3.20. The van der Waals surface area contributed by atoms with Gasteiger partial charge in [0.1, 0.15) is 10.6 Å². The van der Waals surface area contributed by atoms with Gasteiger partial charge in [-0.25, -0.2) is 8.42 Å². The lowest BCUT2D eigenvalue weighted by Crippen LogP contribution is -3.15. The van der Waals surface area contributed by atoms with Crippen molar-refractivity contribution in [3.05, 3.63) is 59.1 Å². The molecule has 0 spiro atoms. The minimum absolute atomic E-state index is 0.198. The quantitative estimate of drug-likeness (QED) is 0.806. The largest absolute Gasteiger partial charge is 0.497 e. The molecule has 1 heterocycles. The molecule has 0 amide bonds. The van der Waals surface area contributed by atoms with E-state index in [1.165, 1.54) is 10.5 Å². The molecule has 1 aliphatic heterocycles. The summed E-state index contributed by atoms with van der Waals surface area (Å²) >= 11 is 6.08. The van der Waals surface area contributed by atoms with Crippen LogP contribution in [-0.2, 0) is 16.4 Å². The second kappa shape index (κ2) is 8.39.